The number of anilines is 2. The molecule has 0 saturated carbocycles. The number of ether oxygens (including phenoxy) is 2. The SMILES string of the molecule is CNC(=O)c1c(-c2ccc(F)cc2)oc2cc(N3CC(=O)NC3=O)c(-c3ccc4c(n3)-c3cc5c(F)cccc5n3CO4)cc12.CNC(=O)c1c(-c2ccc(F)cc2)oc2cc(NC(=O)NC(=O)CCl)c(-c3ccc4c(n3)-c3cc5c(F)cccc5n3CO4)cc12.[2H]CF.[H-].[Na+]. The molecule has 9 heterocycles. The molecule has 0 unspecified atom stereocenters. The summed E-state index contributed by atoms with van der Waals surface area (Å²) in [6.07, 6.45) is 0. The van der Waals surface area contributed by atoms with Crippen molar-refractivity contribution in [2.24, 2.45) is 0 Å². The standard InChI is InChI=1S/C33H22ClF2N5O5.C33H21F2N5O5.CH3F.Na.H/c1-37-32(43)29-20-11-19(22-9-10-26-30(38-22)25-12-18-21(36)3-2-4-24(18)41(25)15-45-26)23(39-33(44)40-28(42)14-34)13-27(20)46-31(29)16-5-7-17(35)8-6-16;1-36-32(42)29-20-11-19(22-9-10-26-30(37-22)25-12-18-21(35)3-2-4-23(18)40(25)15-44-26)24(39-14-28(41)38-33(39)43)13-27(20)45-31(29)16-5-7-17(34)8-6-16;1-2;;/h2-13H,14-15H2,1H3,(H,37,43)(H2,39,40,42,44);2-13H,14-15H2,1H3,(H,36,42)(H,38,41,43);1H3;;/q;;;+1;-1/i;;1D;;. The van der Waals surface area contributed by atoms with Crippen LogP contribution in [-0.2, 0) is 23.1 Å². The summed E-state index contributed by atoms with van der Waals surface area (Å²) in [4.78, 5) is 87.3. The molecule has 27 heteroatoms. The second-order valence-corrected chi connectivity index (χ2v) is 21.3. The first-order valence-corrected chi connectivity index (χ1v) is 28.7. The maximum Gasteiger partial charge on any atom is 1.00 e. The molecule has 6 aromatic heterocycles. The monoisotopic (exact) mass is 1310 g/mol. The zero-order valence-corrected chi connectivity index (χ0v) is 52.2. The molecule has 12 aromatic rings. The van der Waals surface area contributed by atoms with Gasteiger partial charge in [0, 0.05) is 70.0 Å². The Hall–Kier alpha value is -10.9. The van der Waals surface area contributed by atoms with Gasteiger partial charge in [0.05, 0.1) is 64.8 Å². The molecule has 94 heavy (non-hydrogen) atoms. The van der Waals surface area contributed by atoms with Crippen LogP contribution in [0.4, 0.5) is 42.9 Å². The minimum absolute atomic E-state index is 0. The minimum Gasteiger partial charge on any atom is -1.00 e. The van der Waals surface area contributed by atoms with E-state index in [9.17, 15) is 50.7 Å². The van der Waals surface area contributed by atoms with Gasteiger partial charge in [-0.05, 0) is 121 Å². The van der Waals surface area contributed by atoms with Crippen LogP contribution in [0.1, 0.15) is 23.5 Å². The number of carbonyl (C=O) groups excluding carboxylic acids is 6. The number of aromatic nitrogens is 4. The van der Waals surface area contributed by atoms with Crippen molar-refractivity contribution in [3.63, 3.8) is 0 Å². The number of amides is 8. The third-order valence-electron chi connectivity index (χ3n) is 15.7. The second-order valence-electron chi connectivity index (χ2n) is 21.0. The van der Waals surface area contributed by atoms with Crippen molar-refractivity contribution in [1.82, 2.24) is 40.4 Å². The van der Waals surface area contributed by atoms with Crippen LogP contribution >= 0.6 is 11.6 Å². The first-order valence-electron chi connectivity index (χ1n) is 28.8. The molecule has 6 aromatic carbocycles. The van der Waals surface area contributed by atoms with Crippen molar-refractivity contribution in [1.29, 1.82) is 0 Å². The molecule has 0 aliphatic carbocycles. The van der Waals surface area contributed by atoms with E-state index in [2.05, 4.69) is 26.6 Å². The zero-order chi connectivity index (χ0) is 65.8. The van der Waals surface area contributed by atoms with E-state index in [-0.39, 0.29) is 102 Å². The molecule has 20 nitrogen and oxygen atoms in total. The quantitative estimate of drug-likeness (QED) is 0.0392. The molecule has 3 aliphatic heterocycles. The molecule has 0 radical (unpaired) electrons. The first-order chi connectivity index (χ1) is 45.5. The topological polar surface area (TPSA) is 246 Å². The van der Waals surface area contributed by atoms with E-state index in [0.29, 0.717) is 106 Å². The van der Waals surface area contributed by atoms with Crippen LogP contribution in [0.3, 0.4) is 0 Å². The average molecular weight is 1310 g/mol. The number of nitrogens with one attached hydrogen (secondary N) is 5. The van der Waals surface area contributed by atoms with Crippen LogP contribution in [0.15, 0.2) is 154 Å². The van der Waals surface area contributed by atoms with Gasteiger partial charge in [-0.25, -0.2) is 37.1 Å². The van der Waals surface area contributed by atoms with Gasteiger partial charge in [-0.15, -0.1) is 11.6 Å². The Morgan fingerprint density at radius 3 is 1.59 bits per heavy atom. The number of furan rings is 2. The molecule has 0 atom stereocenters. The summed E-state index contributed by atoms with van der Waals surface area (Å²) in [5.74, 6) is -2.88. The fourth-order valence-corrected chi connectivity index (χ4v) is 11.6. The molecule has 15 rings (SSSR count). The molecule has 5 N–H and O–H groups in total. The van der Waals surface area contributed by atoms with Gasteiger partial charge < -0.3 is 44.8 Å². The zero-order valence-electron chi connectivity index (χ0n) is 51.5. The Morgan fingerprint density at radius 1 is 0.638 bits per heavy atom. The smallest absolute Gasteiger partial charge is 1.00 e. The normalized spacial score (nSPS) is 12.7. The number of imide groups is 2. The van der Waals surface area contributed by atoms with E-state index >= 15 is 0 Å². The number of alkyl halides is 2. The van der Waals surface area contributed by atoms with Gasteiger partial charge in [0.2, 0.25) is 11.8 Å². The maximum absolute atomic E-state index is 14.7. The van der Waals surface area contributed by atoms with E-state index in [1.165, 1.54) is 85.7 Å². The second kappa shape index (κ2) is 25.7. The third kappa shape index (κ3) is 11.3. The molecular formula is C67H47ClF5N10NaO10. The van der Waals surface area contributed by atoms with Gasteiger partial charge >= 0.3 is 41.6 Å². The van der Waals surface area contributed by atoms with E-state index in [4.69, 9.17) is 41.2 Å². The largest absolute Gasteiger partial charge is 1.00 e. The Kier molecular flexibility index (Phi) is 16.9. The van der Waals surface area contributed by atoms with Crippen LogP contribution in [0, 0.1) is 23.3 Å². The van der Waals surface area contributed by atoms with Crippen molar-refractivity contribution in [3.05, 3.63) is 180 Å². The van der Waals surface area contributed by atoms with Crippen LogP contribution in [0.5, 0.6) is 11.5 Å². The first kappa shape index (κ1) is 62.0. The fourth-order valence-electron chi connectivity index (χ4n) is 11.5. The van der Waals surface area contributed by atoms with E-state index in [1.807, 2.05) is 4.57 Å². The van der Waals surface area contributed by atoms with Gasteiger partial charge in [0.1, 0.15) is 81.3 Å². The summed E-state index contributed by atoms with van der Waals surface area (Å²) in [7, 11) is 1.95. The Labute approximate surface area is 557 Å². The van der Waals surface area contributed by atoms with Crippen LogP contribution in [0.2, 0.25) is 0 Å². The van der Waals surface area contributed by atoms with Crippen LogP contribution in [0.25, 0.3) is 112 Å². The number of benzene rings is 6. The predicted molar refractivity (Wildman–Crippen MR) is 336 cm³/mol. The molecular weight excluding hydrogens is 1260 g/mol. The molecule has 1 fully saturated rings. The number of nitrogens with zero attached hydrogens (tertiary/aromatic N) is 5. The molecule has 3 aliphatic rings. The Balaban J connectivity index is 0.000000184. The number of hydrogen-bond donors (Lipinski definition) is 5. The summed E-state index contributed by atoms with van der Waals surface area (Å²) in [5, 5.41) is 13.9. The van der Waals surface area contributed by atoms with E-state index < -0.39 is 60.4 Å². The summed E-state index contributed by atoms with van der Waals surface area (Å²) in [5.41, 5.74) is 7.23. The predicted octanol–water partition coefficient (Wildman–Crippen LogP) is 10.2. The summed E-state index contributed by atoms with van der Waals surface area (Å²) in [6.45, 7) is 0.0769. The van der Waals surface area contributed by atoms with Crippen molar-refractivity contribution in [3.8, 4) is 79.4 Å². The number of carbonyl (C=O) groups is 6. The van der Waals surface area contributed by atoms with Gasteiger partial charge in [-0.2, -0.15) is 0 Å². The van der Waals surface area contributed by atoms with Gasteiger partial charge in [-0.3, -0.25) is 39.1 Å². The van der Waals surface area contributed by atoms with Crippen LogP contribution < -0.4 is 70.5 Å². The van der Waals surface area contributed by atoms with Gasteiger partial charge in [0.15, 0.2) is 13.5 Å². The minimum atomic E-state index is -1.00. The molecule has 468 valence electrons. The van der Waals surface area contributed by atoms with Crippen molar-refractivity contribution >= 4 is 102 Å². The molecule has 8 amide bonds. The van der Waals surface area contributed by atoms with E-state index in [0.717, 1.165) is 0 Å². The molecule has 0 bridgehead atoms. The van der Waals surface area contributed by atoms with E-state index in [1.54, 1.807) is 83.4 Å². The third-order valence-corrected chi connectivity index (χ3v) is 15.9. The number of rotatable bonds is 9. The Morgan fingerprint density at radius 2 is 1.12 bits per heavy atom. The summed E-state index contributed by atoms with van der Waals surface area (Å²) < 4.78 is 100. The van der Waals surface area contributed by atoms with Crippen molar-refractivity contribution in [2.75, 3.05) is 43.9 Å². The Bertz CT molecular complexity index is 5170. The number of pyridine rings is 2. The number of halogens is 6. The van der Waals surface area contributed by atoms with Gasteiger partial charge in [0.25, 0.3) is 11.8 Å². The van der Waals surface area contributed by atoms with Crippen molar-refractivity contribution < 1.29 is 101 Å². The fraction of sp³-hybridized carbons (Fsp3) is 0.104. The molecule has 1 saturated heterocycles. The number of hydrogen-bond acceptors (Lipinski definition) is 12. The maximum atomic E-state index is 14.7. The number of fused-ring (bicyclic) bond motifs is 12. The van der Waals surface area contributed by atoms with Gasteiger partial charge in [-0.1, -0.05) is 12.1 Å². The molecule has 0 spiro atoms. The van der Waals surface area contributed by atoms with Crippen LogP contribution in [-0.4, -0.2) is 88.5 Å². The average Bonchev–Trinajstić information content (AvgIpc) is 1.57. The summed E-state index contributed by atoms with van der Waals surface area (Å²) >= 11 is 5.57. The summed E-state index contributed by atoms with van der Waals surface area (Å²) in [6, 6.07) is 35.7. The van der Waals surface area contributed by atoms with Crippen molar-refractivity contribution in [2.45, 2.75) is 13.5 Å². The number of urea groups is 2.